The van der Waals surface area contributed by atoms with Crippen molar-refractivity contribution in [2.24, 2.45) is 34.0 Å². The molecular formula is C19H34. The fourth-order valence-electron chi connectivity index (χ4n) is 6.89. The van der Waals surface area contributed by atoms with Gasteiger partial charge in [0, 0.05) is 0 Å². The summed E-state index contributed by atoms with van der Waals surface area (Å²) in [6.45, 7) is 13.0. The van der Waals surface area contributed by atoms with Crippen LogP contribution < -0.4 is 0 Å². The van der Waals surface area contributed by atoms with Crippen molar-refractivity contribution in [3.8, 4) is 0 Å². The largest absolute Gasteiger partial charge is 0.0620 e. The Balaban J connectivity index is 1.98. The number of fused-ring (bicyclic) bond motifs is 3. The minimum atomic E-state index is 0.592. The number of hydrogen-bond donors (Lipinski definition) is 0. The van der Waals surface area contributed by atoms with Crippen molar-refractivity contribution in [3.05, 3.63) is 0 Å². The maximum Gasteiger partial charge on any atom is -0.0259 e. The summed E-state index contributed by atoms with van der Waals surface area (Å²) < 4.78 is 0. The van der Waals surface area contributed by atoms with Gasteiger partial charge in [-0.05, 0) is 66.1 Å². The molecule has 0 heterocycles. The molecule has 3 aliphatic rings. The lowest BCUT2D eigenvalue weighted by Crippen LogP contribution is -2.57. The smallest absolute Gasteiger partial charge is 0.0259 e. The van der Waals surface area contributed by atoms with E-state index >= 15 is 0 Å². The highest BCUT2D eigenvalue weighted by atomic mass is 14.6. The third kappa shape index (κ3) is 1.84. The molecule has 3 saturated carbocycles. The summed E-state index contributed by atoms with van der Waals surface area (Å²) in [5.74, 6) is 2.94. The van der Waals surface area contributed by atoms with E-state index in [0.717, 1.165) is 17.8 Å². The van der Waals surface area contributed by atoms with E-state index in [-0.39, 0.29) is 0 Å². The second-order valence-corrected chi connectivity index (χ2v) is 9.33. The number of rotatable bonds is 0. The van der Waals surface area contributed by atoms with Gasteiger partial charge in [-0.25, -0.2) is 0 Å². The lowest BCUT2D eigenvalue weighted by molar-refractivity contribution is -0.160. The molecular weight excluding hydrogens is 228 g/mol. The van der Waals surface area contributed by atoms with Crippen molar-refractivity contribution in [1.82, 2.24) is 0 Å². The maximum absolute atomic E-state index is 2.68. The molecule has 0 aromatic carbocycles. The zero-order valence-electron chi connectivity index (χ0n) is 13.9. The molecule has 0 aromatic rings. The van der Waals surface area contributed by atoms with Gasteiger partial charge in [0.15, 0.2) is 0 Å². The van der Waals surface area contributed by atoms with Gasteiger partial charge in [0.25, 0.3) is 0 Å². The van der Waals surface area contributed by atoms with E-state index in [9.17, 15) is 0 Å². The summed E-state index contributed by atoms with van der Waals surface area (Å²) in [4.78, 5) is 0. The van der Waals surface area contributed by atoms with Gasteiger partial charge in [0.05, 0.1) is 0 Å². The molecule has 0 spiro atoms. The molecule has 0 aliphatic heterocycles. The highest BCUT2D eigenvalue weighted by Gasteiger charge is 2.59. The van der Waals surface area contributed by atoms with Crippen LogP contribution >= 0.6 is 0 Å². The van der Waals surface area contributed by atoms with Gasteiger partial charge in [0.1, 0.15) is 0 Å². The second kappa shape index (κ2) is 4.25. The predicted molar refractivity (Wildman–Crippen MR) is 83.1 cm³/mol. The minimum absolute atomic E-state index is 0.592. The summed E-state index contributed by atoms with van der Waals surface area (Å²) in [6.07, 6.45) is 11.9. The summed E-state index contributed by atoms with van der Waals surface area (Å²) in [5.41, 5.74) is 1.88. The average Bonchev–Trinajstić information content (AvgIpc) is 2.30. The Kier molecular flexibility index (Phi) is 3.12. The van der Waals surface area contributed by atoms with Crippen LogP contribution in [-0.2, 0) is 0 Å². The predicted octanol–water partition coefficient (Wildman–Crippen LogP) is 6.06. The van der Waals surface area contributed by atoms with E-state index in [2.05, 4.69) is 34.6 Å². The monoisotopic (exact) mass is 262 g/mol. The standard InChI is InChI=1S/C19H34/c1-14-8-6-9-16-18(14,4)13-10-15-17(2,3)11-7-12-19(15,16)5/h14-16H,6-13H2,1-5H3. The van der Waals surface area contributed by atoms with Crippen LogP contribution in [0.1, 0.15) is 86.0 Å². The summed E-state index contributed by atoms with van der Waals surface area (Å²) in [7, 11) is 0. The van der Waals surface area contributed by atoms with Gasteiger partial charge in [-0.3, -0.25) is 0 Å². The van der Waals surface area contributed by atoms with Crippen LogP contribution in [0.15, 0.2) is 0 Å². The first kappa shape index (κ1) is 14.0. The minimum Gasteiger partial charge on any atom is -0.0620 e. The van der Waals surface area contributed by atoms with E-state index in [4.69, 9.17) is 0 Å². The van der Waals surface area contributed by atoms with Gasteiger partial charge in [-0.15, -0.1) is 0 Å². The van der Waals surface area contributed by atoms with Crippen molar-refractivity contribution < 1.29 is 0 Å². The molecule has 5 unspecified atom stereocenters. The third-order valence-corrected chi connectivity index (χ3v) is 8.10. The summed E-state index contributed by atoms with van der Waals surface area (Å²) in [6, 6.07) is 0. The Bertz CT molecular complexity index is 355. The molecule has 0 radical (unpaired) electrons. The van der Waals surface area contributed by atoms with E-state index in [1.54, 1.807) is 0 Å². The van der Waals surface area contributed by atoms with Crippen LogP contribution in [0.4, 0.5) is 0 Å². The fraction of sp³-hybridized carbons (Fsp3) is 1.00. The quantitative estimate of drug-likeness (QED) is 0.498. The fourth-order valence-corrected chi connectivity index (χ4v) is 6.89. The van der Waals surface area contributed by atoms with Crippen LogP contribution in [0.2, 0.25) is 0 Å². The van der Waals surface area contributed by atoms with E-state index in [1.165, 1.54) is 51.4 Å². The van der Waals surface area contributed by atoms with Crippen molar-refractivity contribution in [2.45, 2.75) is 86.0 Å². The van der Waals surface area contributed by atoms with Crippen molar-refractivity contribution >= 4 is 0 Å². The Morgan fingerprint density at radius 3 is 2.16 bits per heavy atom. The first-order chi connectivity index (χ1) is 8.81. The normalized spacial score (nSPS) is 53.2. The molecule has 3 fully saturated rings. The van der Waals surface area contributed by atoms with Crippen LogP contribution in [0, 0.1) is 34.0 Å². The average molecular weight is 262 g/mol. The number of hydrogen-bond acceptors (Lipinski definition) is 0. The van der Waals surface area contributed by atoms with E-state index in [1.807, 2.05) is 0 Å². The SMILES string of the molecule is CC1CCCC2C1(C)CCC1C(C)(C)CCCC12C. The zero-order chi connectivity index (χ0) is 13.9. The van der Waals surface area contributed by atoms with Gasteiger partial charge in [-0.1, -0.05) is 53.9 Å². The lowest BCUT2D eigenvalue weighted by atomic mass is 9.40. The van der Waals surface area contributed by atoms with Crippen LogP contribution in [-0.4, -0.2) is 0 Å². The maximum atomic E-state index is 2.68. The third-order valence-electron chi connectivity index (χ3n) is 8.10. The molecule has 0 aromatic heterocycles. The molecule has 110 valence electrons. The summed E-state index contributed by atoms with van der Waals surface area (Å²) in [5, 5.41) is 0. The van der Waals surface area contributed by atoms with Crippen molar-refractivity contribution in [1.29, 1.82) is 0 Å². The first-order valence-corrected chi connectivity index (χ1v) is 8.81. The van der Waals surface area contributed by atoms with Crippen molar-refractivity contribution in [3.63, 3.8) is 0 Å². The van der Waals surface area contributed by atoms with Gasteiger partial charge < -0.3 is 0 Å². The zero-order valence-corrected chi connectivity index (χ0v) is 13.9. The highest BCUT2D eigenvalue weighted by Crippen LogP contribution is 2.68. The Labute approximate surface area is 120 Å². The topological polar surface area (TPSA) is 0 Å². The Hall–Kier alpha value is 0. The van der Waals surface area contributed by atoms with Gasteiger partial charge in [-0.2, -0.15) is 0 Å². The highest BCUT2D eigenvalue weighted by molar-refractivity contribution is 5.08. The molecule has 0 heteroatoms. The molecule has 0 N–H and O–H groups in total. The Morgan fingerprint density at radius 2 is 1.42 bits per heavy atom. The lowest BCUT2D eigenvalue weighted by Gasteiger charge is -2.65. The van der Waals surface area contributed by atoms with E-state index in [0.29, 0.717) is 16.2 Å². The Morgan fingerprint density at radius 1 is 0.684 bits per heavy atom. The first-order valence-electron chi connectivity index (χ1n) is 8.81. The molecule has 0 saturated heterocycles. The molecule has 5 atom stereocenters. The van der Waals surface area contributed by atoms with Gasteiger partial charge >= 0.3 is 0 Å². The molecule has 0 amide bonds. The molecule has 3 aliphatic carbocycles. The van der Waals surface area contributed by atoms with Gasteiger partial charge in [0.2, 0.25) is 0 Å². The van der Waals surface area contributed by atoms with Crippen molar-refractivity contribution in [2.75, 3.05) is 0 Å². The van der Waals surface area contributed by atoms with Crippen LogP contribution in [0.3, 0.4) is 0 Å². The van der Waals surface area contributed by atoms with E-state index < -0.39 is 0 Å². The summed E-state index contributed by atoms with van der Waals surface area (Å²) >= 11 is 0. The molecule has 0 bridgehead atoms. The van der Waals surface area contributed by atoms with Crippen LogP contribution in [0.5, 0.6) is 0 Å². The second-order valence-electron chi connectivity index (χ2n) is 9.33. The molecule has 3 rings (SSSR count). The van der Waals surface area contributed by atoms with Crippen LogP contribution in [0.25, 0.3) is 0 Å². The molecule has 0 nitrogen and oxygen atoms in total. The molecule has 19 heavy (non-hydrogen) atoms.